The zero-order valence-electron chi connectivity index (χ0n) is 10.2. The Hall–Kier alpha value is -2.33. The summed E-state index contributed by atoms with van der Waals surface area (Å²) in [6.45, 7) is 2.07. The predicted molar refractivity (Wildman–Crippen MR) is 74.0 cm³/mol. The second-order valence-electron chi connectivity index (χ2n) is 4.60. The van der Waals surface area contributed by atoms with Gasteiger partial charge in [-0.1, -0.05) is 54.6 Å². The van der Waals surface area contributed by atoms with Gasteiger partial charge in [0.25, 0.3) is 0 Å². The Labute approximate surface area is 107 Å². The molecule has 0 N–H and O–H groups in total. The SMILES string of the molecule is Cc1cccc2c1C(C#N)c1ccccc1C=C2. The minimum atomic E-state index is -0.174. The average molecular weight is 231 g/mol. The van der Waals surface area contributed by atoms with E-state index in [1.807, 2.05) is 18.2 Å². The number of hydrogen-bond donors (Lipinski definition) is 0. The highest BCUT2D eigenvalue weighted by molar-refractivity contribution is 5.78. The van der Waals surface area contributed by atoms with Gasteiger partial charge in [0.05, 0.1) is 12.0 Å². The van der Waals surface area contributed by atoms with Crippen LogP contribution in [0.3, 0.4) is 0 Å². The summed E-state index contributed by atoms with van der Waals surface area (Å²) in [5.74, 6) is -0.174. The summed E-state index contributed by atoms with van der Waals surface area (Å²) < 4.78 is 0. The summed E-state index contributed by atoms with van der Waals surface area (Å²) in [6.07, 6.45) is 4.21. The Balaban J connectivity index is 2.34. The van der Waals surface area contributed by atoms with Gasteiger partial charge in [-0.2, -0.15) is 5.26 Å². The largest absolute Gasteiger partial charge is 0.197 e. The summed E-state index contributed by atoms with van der Waals surface area (Å²) >= 11 is 0. The van der Waals surface area contributed by atoms with Gasteiger partial charge in [-0.3, -0.25) is 0 Å². The molecule has 0 fully saturated rings. The van der Waals surface area contributed by atoms with E-state index in [9.17, 15) is 5.26 Å². The molecule has 1 heteroatoms. The third-order valence-electron chi connectivity index (χ3n) is 3.53. The fourth-order valence-electron chi connectivity index (χ4n) is 2.64. The van der Waals surface area contributed by atoms with Crippen molar-refractivity contribution in [1.29, 1.82) is 5.26 Å². The zero-order valence-corrected chi connectivity index (χ0v) is 10.2. The first-order valence-corrected chi connectivity index (χ1v) is 6.07. The third-order valence-corrected chi connectivity index (χ3v) is 3.53. The second kappa shape index (κ2) is 4.16. The number of hydrogen-bond acceptors (Lipinski definition) is 1. The molecule has 1 atom stereocenters. The van der Waals surface area contributed by atoms with Crippen LogP contribution in [0.25, 0.3) is 12.2 Å². The first-order valence-electron chi connectivity index (χ1n) is 6.07. The third kappa shape index (κ3) is 1.55. The molecule has 2 aromatic rings. The van der Waals surface area contributed by atoms with Crippen LogP contribution in [0.5, 0.6) is 0 Å². The Morgan fingerprint density at radius 2 is 1.67 bits per heavy atom. The maximum atomic E-state index is 9.56. The predicted octanol–water partition coefficient (Wildman–Crippen LogP) is 4.13. The molecule has 0 heterocycles. The molecule has 3 rings (SSSR count). The van der Waals surface area contributed by atoms with Crippen LogP contribution < -0.4 is 0 Å². The lowest BCUT2D eigenvalue weighted by atomic mass is 9.86. The molecule has 0 amide bonds. The molecule has 0 spiro atoms. The molecule has 0 aromatic heterocycles. The standard InChI is InChI=1S/C17H13N/c1-12-5-4-7-14-10-9-13-6-2-3-8-15(13)16(11-18)17(12)14/h2-10,16H,1H3. The number of aryl methyl sites for hydroxylation is 1. The maximum Gasteiger partial charge on any atom is 0.0976 e. The molecular formula is C17H13N. The van der Waals surface area contributed by atoms with Crippen molar-refractivity contribution in [1.82, 2.24) is 0 Å². The van der Waals surface area contributed by atoms with Gasteiger partial charge in [0, 0.05) is 0 Å². The van der Waals surface area contributed by atoms with Gasteiger partial charge in [0.15, 0.2) is 0 Å². The van der Waals surface area contributed by atoms with Gasteiger partial charge in [-0.25, -0.2) is 0 Å². The Kier molecular flexibility index (Phi) is 2.50. The van der Waals surface area contributed by atoms with Crippen LogP contribution in [-0.2, 0) is 0 Å². The van der Waals surface area contributed by atoms with Crippen LogP contribution in [0.1, 0.15) is 33.7 Å². The molecule has 1 nitrogen and oxygen atoms in total. The molecule has 86 valence electrons. The average Bonchev–Trinajstić information content (AvgIpc) is 2.56. The molecule has 0 bridgehead atoms. The van der Waals surface area contributed by atoms with E-state index in [0.717, 1.165) is 22.3 Å². The van der Waals surface area contributed by atoms with Crippen molar-refractivity contribution >= 4 is 12.2 Å². The molecule has 0 saturated carbocycles. The van der Waals surface area contributed by atoms with Crippen LogP contribution in [0.15, 0.2) is 42.5 Å². The van der Waals surface area contributed by atoms with E-state index in [-0.39, 0.29) is 5.92 Å². The van der Waals surface area contributed by atoms with E-state index in [4.69, 9.17) is 0 Å². The van der Waals surface area contributed by atoms with Crippen molar-refractivity contribution in [2.45, 2.75) is 12.8 Å². The van der Waals surface area contributed by atoms with E-state index in [1.165, 1.54) is 5.56 Å². The van der Waals surface area contributed by atoms with Crippen LogP contribution in [0.4, 0.5) is 0 Å². The lowest BCUT2D eigenvalue weighted by molar-refractivity contribution is 1.01. The molecule has 1 aliphatic carbocycles. The van der Waals surface area contributed by atoms with Crippen molar-refractivity contribution in [2.75, 3.05) is 0 Å². The van der Waals surface area contributed by atoms with Gasteiger partial charge >= 0.3 is 0 Å². The van der Waals surface area contributed by atoms with Crippen LogP contribution in [0.2, 0.25) is 0 Å². The molecule has 0 aliphatic heterocycles. The van der Waals surface area contributed by atoms with Crippen molar-refractivity contribution in [2.24, 2.45) is 0 Å². The van der Waals surface area contributed by atoms with Gasteiger partial charge in [0.2, 0.25) is 0 Å². The van der Waals surface area contributed by atoms with Crippen LogP contribution >= 0.6 is 0 Å². The van der Waals surface area contributed by atoms with Crippen molar-refractivity contribution in [3.05, 3.63) is 70.3 Å². The van der Waals surface area contributed by atoms with E-state index < -0.39 is 0 Å². The number of nitriles is 1. The number of benzene rings is 2. The van der Waals surface area contributed by atoms with Crippen LogP contribution in [0, 0.1) is 18.3 Å². The van der Waals surface area contributed by atoms with Gasteiger partial charge in [-0.15, -0.1) is 0 Å². The van der Waals surface area contributed by atoms with Crippen molar-refractivity contribution in [3.8, 4) is 6.07 Å². The van der Waals surface area contributed by atoms with Crippen molar-refractivity contribution < 1.29 is 0 Å². The Morgan fingerprint density at radius 3 is 2.50 bits per heavy atom. The van der Waals surface area contributed by atoms with E-state index >= 15 is 0 Å². The lowest BCUT2D eigenvalue weighted by Gasteiger charge is -2.15. The summed E-state index contributed by atoms with van der Waals surface area (Å²) in [6, 6.07) is 16.8. The fourth-order valence-corrected chi connectivity index (χ4v) is 2.64. The second-order valence-corrected chi connectivity index (χ2v) is 4.60. The molecule has 1 unspecified atom stereocenters. The summed E-state index contributed by atoms with van der Waals surface area (Å²) in [5.41, 5.74) is 5.71. The smallest absolute Gasteiger partial charge is 0.0976 e. The van der Waals surface area contributed by atoms with Gasteiger partial charge in [0.1, 0.15) is 0 Å². The molecule has 18 heavy (non-hydrogen) atoms. The lowest BCUT2D eigenvalue weighted by Crippen LogP contribution is -2.03. The minimum Gasteiger partial charge on any atom is -0.197 e. The van der Waals surface area contributed by atoms with E-state index in [2.05, 4.69) is 49.4 Å². The van der Waals surface area contributed by atoms with Crippen LogP contribution in [-0.4, -0.2) is 0 Å². The molecule has 0 radical (unpaired) electrons. The van der Waals surface area contributed by atoms with Gasteiger partial charge < -0.3 is 0 Å². The Bertz CT molecular complexity index is 674. The quantitative estimate of drug-likeness (QED) is 0.668. The van der Waals surface area contributed by atoms with Crippen molar-refractivity contribution in [3.63, 3.8) is 0 Å². The Morgan fingerprint density at radius 1 is 0.944 bits per heavy atom. The zero-order chi connectivity index (χ0) is 12.5. The number of rotatable bonds is 0. The molecule has 2 aromatic carbocycles. The molecular weight excluding hydrogens is 218 g/mol. The number of nitrogens with zero attached hydrogens (tertiary/aromatic N) is 1. The summed E-state index contributed by atoms with van der Waals surface area (Å²) in [5, 5.41) is 9.56. The summed E-state index contributed by atoms with van der Waals surface area (Å²) in [7, 11) is 0. The first-order chi connectivity index (χ1) is 8.81. The first kappa shape index (κ1) is 10.8. The normalized spacial score (nSPS) is 16.3. The maximum absolute atomic E-state index is 9.56. The fraction of sp³-hybridized carbons (Fsp3) is 0.118. The molecule has 1 aliphatic rings. The highest BCUT2D eigenvalue weighted by Crippen LogP contribution is 2.35. The monoisotopic (exact) mass is 231 g/mol. The van der Waals surface area contributed by atoms with E-state index in [0.29, 0.717) is 0 Å². The van der Waals surface area contributed by atoms with Gasteiger partial charge in [-0.05, 0) is 34.7 Å². The summed E-state index contributed by atoms with van der Waals surface area (Å²) in [4.78, 5) is 0. The highest BCUT2D eigenvalue weighted by Gasteiger charge is 2.22. The van der Waals surface area contributed by atoms with E-state index in [1.54, 1.807) is 0 Å². The minimum absolute atomic E-state index is 0.174. The molecule has 0 saturated heterocycles. The number of fused-ring (bicyclic) bond motifs is 2. The topological polar surface area (TPSA) is 23.8 Å². The highest BCUT2D eigenvalue weighted by atomic mass is 14.3.